The van der Waals surface area contributed by atoms with E-state index in [1.165, 1.54) is 33.9 Å². The van der Waals surface area contributed by atoms with E-state index in [-0.39, 0.29) is 23.1 Å². The average Bonchev–Trinajstić information content (AvgIpc) is 2.88. The van der Waals surface area contributed by atoms with Crippen LogP contribution in [0.15, 0.2) is 40.5 Å². The minimum Gasteiger partial charge on any atom is -0.285 e. The van der Waals surface area contributed by atoms with Gasteiger partial charge in [0.25, 0.3) is 15.7 Å². The highest BCUT2D eigenvalue weighted by atomic mass is 32.2. The molecule has 1 atom stereocenters. The van der Waals surface area contributed by atoms with Crippen LogP contribution in [0.4, 0.5) is 4.39 Å². The van der Waals surface area contributed by atoms with Crippen molar-refractivity contribution in [2.24, 2.45) is 0 Å². The zero-order valence-electron chi connectivity index (χ0n) is 13.6. The fourth-order valence-electron chi connectivity index (χ4n) is 3.00. The highest BCUT2D eigenvalue weighted by Gasteiger charge is 2.29. The number of aromatic nitrogens is 1. The van der Waals surface area contributed by atoms with Gasteiger partial charge in [0.05, 0.1) is 5.56 Å². The van der Waals surface area contributed by atoms with Gasteiger partial charge < -0.3 is 0 Å². The number of hydrogen-bond acceptors (Lipinski definition) is 4. The van der Waals surface area contributed by atoms with Crippen LogP contribution >= 0.6 is 11.3 Å². The monoisotopic (exact) mass is 381 g/mol. The molecule has 0 fully saturated rings. The Bertz CT molecular complexity index is 1120. The molecule has 3 aromatic rings. The van der Waals surface area contributed by atoms with E-state index >= 15 is 0 Å². The molecule has 2 heterocycles. The van der Waals surface area contributed by atoms with Gasteiger partial charge in [-0.15, -0.1) is 11.3 Å². The van der Waals surface area contributed by atoms with E-state index < -0.39 is 26.7 Å². The highest BCUT2D eigenvalue weighted by Crippen LogP contribution is 2.34. The molecule has 1 N–H and O–H groups in total. The summed E-state index contributed by atoms with van der Waals surface area (Å²) in [6.07, 6.45) is 0.0844. The van der Waals surface area contributed by atoms with Crippen molar-refractivity contribution in [3.05, 3.63) is 63.1 Å². The number of rotatable bonds is 4. The number of benzene rings is 1. The van der Waals surface area contributed by atoms with Crippen molar-refractivity contribution in [1.29, 1.82) is 0 Å². The quantitative estimate of drug-likeness (QED) is 0.697. The SMILES string of the molecule is CCC(c1cc2scc(C)n2c(=O)c1-c1cccc(F)c1)S(=O)(=O)O. The molecule has 0 spiro atoms. The predicted octanol–water partition coefficient (Wildman–Crippen LogP) is 3.81. The summed E-state index contributed by atoms with van der Waals surface area (Å²) < 4.78 is 48.5. The fraction of sp³-hybridized carbons (Fsp3) is 0.235. The maximum Gasteiger partial charge on any atom is 0.272 e. The zero-order chi connectivity index (χ0) is 18.4. The summed E-state index contributed by atoms with van der Waals surface area (Å²) in [6, 6.07) is 7.02. The normalized spacial score (nSPS) is 13.3. The summed E-state index contributed by atoms with van der Waals surface area (Å²) in [5, 5.41) is 0.524. The molecule has 0 radical (unpaired) electrons. The lowest BCUT2D eigenvalue weighted by Crippen LogP contribution is -2.22. The van der Waals surface area contributed by atoms with Gasteiger partial charge in [0, 0.05) is 11.1 Å². The minimum absolute atomic E-state index is 0.0844. The van der Waals surface area contributed by atoms with Crippen molar-refractivity contribution in [2.45, 2.75) is 25.5 Å². The lowest BCUT2D eigenvalue weighted by molar-refractivity contribution is 0.466. The molecule has 0 saturated carbocycles. The molecule has 3 rings (SSSR count). The topological polar surface area (TPSA) is 75.8 Å². The van der Waals surface area contributed by atoms with Crippen molar-refractivity contribution in [2.75, 3.05) is 0 Å². The lowest BCUT2D eigenvalue weighted by atomic mass is 9.98. The van der Waals surface area contributed by atoms with Gasteiger partial charge in [-0.3, -0.25) is 13.7 Å². The van der Waals surface area contributed by atoms with E-state index in [0.717, 1.165) is 0 Å². The Labute approximate surface area is 148 Å². The van der Waals surface area contributed by atoms with Crippen LogP contribution in [0.5, 0.6) is 0 Å². The van der Waals surface area contributed by atoms with Crippen molar-refractivity contribution in [1.82, 2.24) is 4.40 Å². The summed E-state index contributed by atoms with van der Waals surface area (Å²) in [6.45, 7) is 3.37. The van der Waals surface area contributed by atoms with Crippen molar-refractivity contribution in [3.63, 3.8) is 0 Å². The van der Waals surface area contributed by atoms with Crippen molar-refractivity contribution >= 4 is 26.3 Å². The summed E-state index contributed by atoms with van der Waals surface area (Å²) in [7, 11) is -4.42. The Morgan fingerprint density at radius 3 is 2.64 bits per heavy atom. The van der Waals surface area contributed by atoms with Crippen LogP contribution < -0.4 is 5.56 Å². The van der Waals surface area contributed by atoms with Gasteiger partial charge in [-0.2, -0.15) is 8.42 Å². The van der Waals surface area contributed by atoms with Gasteiger partial charge in [-0.05, 0) is 42.7 Å². The van der Waals surface area contributed by atoms with Crippen LogP contribution in [-0.2, 0) is 10.1 Å². The largest absolute Gasteiger partial charge is 0.285 e. The van der Waals surface area contributed by atoms with E-state index in [2.05, 4.69) is 0 Å². The van der Waals surface area contributed by atoms with E-state index in [9.17, 15) is 22.2 Å². The van der Waals surface area contributed by atoms with Crippen molar-refractivity contribution in [3.8, 4) is 11.1 Å². The molecule has 0 amide bonds. The fourth-order valence-corrected chi connectivity index (χ4v) is 4.86. The molecule has 2 aromatic heterocycles. The van der Waals surface area contributed by atoms with Crippen molar-refractivity contribution < 1.29 is 17.4 Å². The van der Waals surface area contributed by atoms with Gasteiger partial charge in [-0.25, -0.2) is 4.39 Å². The molecule has 25 heavy (non-hydrogen) atoms. The molecule has 132 valence electrons. The van der Waals surface area contributed by atoms with Gasteiger partial charge in [-0.1, -0.05) is 19.1 Å². The Morgan fingerprint density at radius 1 is 1.32 bits per heavy atom. The van der Waals surface area contributed by atoms with E-state index in [0.29, 0.717) is 10.5 Å². The van der Waals surface area contributed by atoms with E-state index in [4.69, 9.17) is 0 Å². The van der Waals surface area contributed by atoms with Crippen LogP contribution in [0.1, 0.15) is 29.9 Å². The van der Waals surface area contributed by atoms with Crippen LogP contribution in [0.3, 0.4) is 0 Å². The summed E-state index contributed by atoms with van der Waals surface area (Å²) >= 11 is 1.30. The standard InChI is InChI=1S/C17H16FNO4S2/c1-3-14(25(21,22)23)13-8-15-19(10(2)9-24-15)17(20)16(13)11-5-4-6-12(18)7-11/h4-9,14H,3H2,1-2H3,(H,21,22,23). The number of thiazole rings is 1. The average molecular weight is 381 g/mol. The highest BCUT2D eigenvalue weighted by molar-refractivity contribution is 7.86. The third-order valence-electron chi connectivity index (χ3n) is 4.10. The third kappa shape index (κ3) is 3.12. The van der Waals surface area contributed by atoms with Gasteiger partial charge in [0.2, 0.25) is 0 Å². The summed E-state index contributed by atoms with van der Waals surface area (Å²) in [5.74, 6) is -0.533. The number of pyridine rings is 1. The number of hydrogen-bond donors (Lipinski definition) is 1. The van der Waals surface area contributed by atoms with Crippen LogP contribution in [0, 0.1) is 12.7 Å². The molecule has 1 unspecified atom stereocenters. The summed E-state index contributed by atoms with van der Waals surface area (Å²) in [5.41, 5.74) is 0.820. The second kappa shape index (κ2) is 6.36. The molecule has 1 aromatic carbocycles. The Hall–Kier alpha value is -2.03. The number of aryl methyl sites for hydroxylation is 1. The number of nitrogens with zero attached hydrogens (tertiary/aromatic N) is 1. The Kier molecular flexibility index (Phi) is 4.52. The molecule has 5 nitrogen and oxygen atoms in total. The number of halogens is 1. The van der Waals surface area contributed by atoms with E-state index in [1.807, 2.05) is 0 Å². The molecule has 0 aliphatic heterocycles. The van der Waals surface area contributed by atoms with Gasteiger partial charge >= 0.3 is 0 Å². The second-order valence-corrected chi connectivity index (χ2v) is 8.24. The Morgan fingerprint density at radius 2 is 2.04 bits per heavy atom. The minimum atomic E-state index is -4.42. The van der Waals surface area contributed by atoms with Crippen LogP contribution in [-0.4, -0.2) is 17.4 Å². The number of fused-ring (bicyclic) bond motifs is 1. The maximum atomic E-state index is 13.7. The first-order valence-electron chi connectivity index (χ1n) is 7.60. The van der Waals surface area contributed by atoms with Gasteiger partial charge in [0.1, 0.15) is 15.9 Å². The predicted molar refractivity (Wildman–Crippen MR) is 96.3 cm³/mol. The second-order valence-electron chi connectivity index (χ2n) is 5.75. The molecule has 0 aliphatic carbocycles. The first-order chi connectivity index (χ1) is 11.7. The lowest BCUT2D eigenvalue weighted by Gasteiger charge is -2.17. The third-order valence-corrected chi connectivity index (χ3v) is 6.41. The first-order valence-corrected chi connectivity index (χ1v) is 9.98. The smallest absolute Gasteiger partial charge is 0.272 e. The molecule has 0 aliphatic rings. The molecule has 8 heteroatoms. The molecular formula is C17H16FNO4S2. The Balaban J connectivity index is 2.47. The van der Waals surface area contributed by atoms with E-state index in [1.54, 1.807) is 31.4 Å². The summed E-state index contributed by atoms with van der Waals surface area (Å²) in [4.78, 5) is 13.6. The van der Waals surface area contributed by atoms with Crippen LogP contribution in [0.25, 0.3) is 16.0 Å². The maximum absolute atomic E-state index is 13.7. The molecule has 0 saturated heterocycles. The zero-order valence-corrected chi connectivity index (χ0v) is 15.2. The van der Waals surface area contributed by atoms with Gasteiger partial charge in [0.15, 0.2) is 0 Å². The molecular weight excluding hydrogens is 365 g/mol. The molecule has 0 bridgehead atoms. The van der Waals surface area contributed by atoms with Crippen LogP contribution in [0.2, 0.25) is 0 Å². The first kappa shape index (κ1) is 17.8.